The number of pyridine rings is 1. The molecule has 19 heavy (non-hydrogen) atoms. The number of carbonyl (C=O) groups is 1. The number of aromatic nitrogens is 3. The molecule has 0 aromatic carbocycles. The van der Waals surface area contributed by atoms with Crippen molar-refractivity contribution in [3.8, 4) is 6.07 Å². The Bertz CT molecular complexity index is 679. The fraction of sp³-hybridized carbons (Fsp3) is 0.286. The molecule has 0 N–H and O–H groups in total. The molecule has 2 aromatic heterocycles. The number of ketones is 1. The fourth-order valence-corrected chi connectivity index (χ4v) is 1.97. The first kappa shape index (κ1) is 13.0. The maximum absolute atomic E-state index is 12.4. The van der Waals surface area contributed by atoms with E-state index in [0.717, 1.165) is 11.4 Å². The molecule has 0 aliphatic rings. The molecule has 0 aliphatic carbocycles. The number of rotatable bonds is 3. The van der Waals surface area contributed by atoms with Gasteiger partial charge in [0.05, 0.1) is 5.69 Å². The van der Waals surface area contributed by atoms with E-state index in [1.807, 2.05) is 13.8 Å². The van der Waals surface area contributed by atoms with Gasteiger partial charge >= 0.3 is 0 Å². The van der Waals surface area contributed by atoms with Crippen molar-refractivity contribution in [2.75, 3.05) is 0 Å². The van der Waals surface area contributed by atoms with E-state index in [1.165, 1.54) is 0 Å². The highest BCUT2D eigenvalue weighted by Gasteiger charge is 2.21. The van der Waals surface area contributed by atoms with Gasteiger partial charge in [0, 0.05) is 24.0 Å². The van der Waals surface area contributed by atoms with Gasteiger partial charge in [-0.1, -0.05) is 0 Å². The third-order valence-corrected chi connectivity index (χ3v) is 2.99. The first-order chi connectivity index (χ1) is 9.08. The predicted octanol–water partition coefficient (Wildman–Crippen LogP) is 2.02. The van der Waals surface area contributed by atoms with Crippen LogP contribution in [-0.2, 0) is 6.54 Å². The number of hydrogen-bond acceptors (Lipinski definition) is 4. The van der Waals surface area contributed by atoms with Gasteiger partial charge in [0.1, 0.15) is 11.6 Å². The van der Waals surface area contributed by atoms with Crippen LogP contribution in [0.4, 0.5) is 0 Å². The lowest BCUT2D eigenvalue weighted by molar-refractivity contribution is 0.103. The molecule has 5 heteroatoms. The zero-order chi connectivity index (χ0) is 14.0. The van der Waals surface area contributed by atoms with Gasteiger partial charge < -0.3 is 0 Å². The molecule has 2 heterocycles. The topological polar surface area (TPSA) is 71.6 Å². The molecule has 0 unspecified atom stereocenters. The van der Waals surface area contributed by atoms with E-state index in [2.05, 4.69) is 16.2 Å². The minimum absolute atomic E-state index is 0.215. The molecule has 0 saturated heterocycles. The quantitative estimate of drug-likeness (QED) is 0.785. The molecule has 0 amide bonds. The van der Waals surface area contributed by atoms with Crippen LogP contribution >= 0.6 is 0 Å². The van der Waals surface area contributed by atoms with Gasteiger partial charge in [-0.2, -0.15) is 10.4 Å². The zero-order valence-corrected chi connectivity index (χ0v) is 11.1. The Labute approximate surface area is 111 Å². The summed E-state index contributed by atoms with van der Waals surface area (Å²) in [5, 5.41) is 13.4. The minimum atomic E-state index is -0.239. The van der Waals surface area contributed by atoms with Crippen LogP contribution < -0.4 is 0 Å². The molecule has 0 radical (unpaired) electrons. The average Bonchev–Trinajstić information content (AvgIpc) is 2.74. The van der Waals surface area contributed by atoms with Crippen molar-refractivity contribution in [1.82, 2.24) is 14.8 Å². The minimum Gasteiger partial charge on any atom is -0.287 e. The summed E-state index contributed by atoms with van der Waals surface area (Å²) >= 11 is 0. The Balaban J connectivity index is 2.54. The maximum Gasteiger partial charge on any atom is 0.214 e. The van der Waals surface area contributed by atoms with Gasteiger partial charge in [-0.3, -0.25) is 14.5 Å². The van der Waals surface area contributed by atoms with E-state index >= 15 is 0 Å². The van der Waals surface area contributed by atoms with Crippen molar-refractivity contribution in [3.05, 3.63) is 46.5 Å². The molecular weight excluding hydrogens is 240 g/mol. The van der Waals surface area contributed by atoms with E-state index in [9.17, 15) is 10.1 Å². The highest BCUT2D eigenvalue weighted by Crippen LogP contribution is 2.17. The van der Waals surface area contributed by atoms with Crippen LogP contribution in [0.25, 0.3) is 0 Å². The predicted molar refractivity (Wildman–Crippen MR) is 69.8 cm³/mol. The van der Waals surface area contributed by atoms with Gasteiger partial charge in [-0.15, -0.1) is 0 Å². The van der Waals surface area contributed by atoms with Crippen LogP contribution in [0.1, 0.15) is 39.9 Å². The molecule has 2 rings (SSSR count). The number of nitrogens with zero attached hydrogens (tertiary/aromatic N) is 4. The molecule has 0 aliphatic heterocycles. The number of carbonyl (C=O) groups excluding carboxylic acids is 1. The average molecular weight is 254 g/mol. The van der Waals surface area contributed by atoms with Crippen molar-refractivity contribution in [2.45, 2.75) is 27.3 Å². The van der Waals surface area contributed by atoms with Crippen molar-refractivity contribution >= 4 is 5.78 Å². The van der Waals surface area contributed by atoms with Crippen molar-refractivity contribution in [2.24, 2.45) is 0 Å². The molecule has 5 nitrogen and oxygen atoms in total. The Morgan fingerprint density at radius 3 is 2.79 bits per heavy atom. The number of hydrogen-bond donors (Lipinski definition) is 0. The van der Waals surface area contributed by atoms with Crippen LogP contribution in [0.5, 0.6) is 0 Å². The van der Waals surface area contributed by atoms with Gasteiger partial charge in [0.15, 0.2) is 5.69 Å². The van der Waals surface area contributed by atoms with Crippen LogP contribution in [-0.4, -0.2) is 20.5 Å². The highest BCUT2D eigenvalue weighted by atomic mass is 16.1. The van der Waals surface area contributed by atoms with Crippen molar-refractivity contribution in [1.29, 1.82) is 5.26 Å². The Morgan fingerprint density at radius 1 is 1.47 bits per heavy atom. The first-order valence-corrected chi connectivity index (χ1v) is 6.03. The molecular formula is C14H14N4O. The lowest BCUT2D eigenvalue weighted by atomic mass is 10.1. The lowest BCUT2D eigenvalue weighted by Gasteiger charge is -1.99. The summed E-state index contributed by atoms with van der Waals surface area (Å²) in [7, 11) is 0. The Kier molecular flexibility index (Phi) is 3.43. The van der Waals surface area contributed by atoms with Gasteiger partial charge in [-0.25, -0.2) is 0 Å². The molecule has 0 spiro atoms. The standard InChI is InChI=1S/C14H14N4O/c1-4-18-10(3)12(8-15)13(17-18)14(19)11-5-6-16-9(2)7-11/h5-7H,4H2,1-3H3. The maximum atomic E-state index is 12.4. The molecule has 2 aromatic rings. The summed E-state index contributed by atoms with van der Waals surface area (Å²) in [5.41, 5.74) is 2.55. The normalized spacial score (nSPS) is 10.2. The Hall–Kier alpha value is -2.48. The zero-order valence-electron chi connectivity index (χ0n) is 11.1. The van der Waals surface area contributed by atoms with Crippen LogP contribution in [0, 0.1) is 25.2 Å². The molecule has 0 atom stereocenters. The summed E-state index contributed by atoms with van der Waals surface area (Å²) in [6.45, 7) is 6.16. The summed E-state index contributed by atoms with van der Waals surface area (Å²) < 4.78 is 1.67. The second kappa shape index (κ2) is 5.02. The van der Waals surface area contributed by atoms with E-state index in [1.54, 1.807) is 29.9 Å². The summed E-state index contributed by atoms with van der Waals surface area (Å²) in [6, 6.07) is 5.40. The van der Waals surface area contributed by atoms with Gasteiger partial charge in [-0.05, 0) is 32.9 Å². The van der Waals surface area contributed by atoms with Crippen molar-refractivity contribution in [3.63, 3.8) is 0 Å². The molecule has 0 bridgehead atoms. The lowest BCUT2D eigenvalue weighted by Crippen LogP contribution is -2.06. The van der Waals surface area contributed by atoms with Crippen LogP contribution in [0.3, 0.4) is 0 Å². The molecule has 96 valence electrons. The summed E-state index contributed by atoms with van der Waals surface area (Å²) in [6.07, 6.45) is 1.58. The largest absolute Gasteiger partial charge is 0.287 e. The monoisotopic (exact) mass is 254 g/mol. The van der Waals surface area contributed by atoms with Crippen molar-refractivity contribution < 1.29 is 4.79 Å². The SMILES string of the molecule is CCn1nc(C(=O)c2ccnc(C)c2)c(C#N)c1C. The summed E-state index contributed by atoms with van der Waals surface area (Å²) in [4.78, 5) is 16.5. The van der Waals surface area contributed by atoms with Gasteiger partial charge in [0.25, 0.3) is 0 Å². The smallest absolute Gasteiger partial charge is 0.214 e. The summed E-state index contributed by atoms with van der Waals surface area (Å²) in [5.74, 6) is -0.239. The number of nitriles is 1. The van der Waals surface area contributed by atoms with E-state index in [0.29, 0.717) is 17.7 Å². The Morgan fingerprint density at radius 2 is 2.21 bits per heavy atom. The third-order valence-electron chi connectivity index (χ3n) is 2.99. The second-order valence-electron chi connectivity index (χ2n) is 4.25. The second-order valence-corrected chi connectivity index (χ2v) is 4.25. The van der Waals surface area contributed by atoms with E-state index in [-0.39, 0.29) is 11.5 Å². The first-order valence-electron chi connectivity index (χ1n) is 6.03. The number of aryl methyl sites for hydroxylation is 2. The molecule has 0 fully saturated rings. The third kappa shape index (κ3) is 2.25. The molecule has 0 saturated carbocycles. The van der Waals surface area contributed by atoms with Crippen LogP contribution in [0.2, 0.25) is 0 Å². The fourth-order valence-electron chi connectivity index (χ4n) is 1.97. The van der Waals surface area contributed by atoms with Gasteiger partial charge in [0.2, 0.25) is 5.78 Å². The van der Waals surface area contributed by atoms with E-state index in [4.69, 9.17) is 0 Å². The van der Waals surface area contributed by atoms with Crippen LogP contribution in [0.15, 0.2) is 18.3 Å². The highest BCUT2D eigenvalue weighted by molar-refractivity contribution is 6.09. The van der Waals surface area contributed by atoms with E-state index < -0.39 is 0 Å².